The standard InChI is InChI=1S/C15H29NO4S2/c1-7-12(17)20-10-14(2,3)9-15(4,5)22-21-8-11(16-6)13(18)19/h11,16H,7-10H2,1-6H3,(H,18,19). The molecule has 7 heteroatoms. The van der Waals surface area contributed by atoms with Gasteiger partial charge in [-0.2, -0.15) is 0 Å². The molecule has 0 saturated carbocycles. The molecule has 2 N–H and O–H groups in total. The van der Waals surface area contributed by atoms with Crippen LogP contribution >= 0.6 is 21.6 Å². The Hall–Kier alpha value is -0.400. The summed E-state index contributed by atoms with van der Waals surface area (Å²) in [7, 11) is 4.89. The third-order valence-corrected chi connectivity index (χ3v) is 6.28. The molecule has 5 nitrogen and oxygen atoms in total. The number of aliphatic carboxylic acids is 1. The molecule has 130 valence electrons. The Morgan fingerprint density at radius 1 is 1.27 bits per heavy atom. The molecule has 0 aliphatic rings. The van der Waals surface area contributed by atoms with Crippen LogP contribution < -0.4 is 5.32 Å². The molecule has 0 amide bonds. The van der Waals surface area contributed by atoms with Gasteiger partial charge in [0.2, 0.25) is 0 Å². The average molecular weight is 352 g/mol. The number of carbonyl (C=O) groups excluding carboxylic acids is 1. The van der Waals surface area contributed by atoms with Gasteiger partial charge in [-0.3, -0.25) is 9.59 Å². The van der Waals surface area contributed by atoms with Crippen LogP contribution in [0.2, 0.25) is 0 Å². The topological polar surface area (TPSA) is 75.6 Å². The quantitative estimate of drug-likeness (QED) is 0.437. The van der Waals surface area contributed by atoms with Crippen molar-refractivity contribution in [2.75, 3.05) is 19.4 Å². The maximum absolute atomic E-state index is 11.3. The van der Waals surface area contributed by atoms with E-state index in [1.807, 2.05) is 0 Å². The Balaban J connectivity index is 4.31. The number of carboxylic acids is 1. The smallest absolute Gasteiger partial charge is 0.321 e. The number of ether oxygens (including phenoxy) is 1. The van der Waals surface area contributed by atoms with Crippen molar-refractivity contribution >= 4 is 33.5 Å². The predicted octanol–water partition coefficient (Wildman–Crippen LogP) is 3.19. The first kappa shape index (κ1) is 21.6. The first-order valence-electron chi connectivity index (χ1n) is 7.39. The maximum atomic E-state index is 11.3. The van der Waals surface area contributed by atoms with E-state index in [9.17, 15) is 9.59 Å². The average Bonchev–Trinajstić information content (AvgIpc) is 2.39. The van der Waals surface area contributed by atoms with Crippen LogP contribution in [0.1, 0.15) is 47.5 Å². The Morgan fingerprint density at radius 3 is 2.32 bits per heavy atom. The molecule has 0 saturated heterocycles. The minimum atomic E-state index is -0.833. The second-order valence-corrected chi connectivity index (χ2v) is 9.71. The lowest BCUT2D eigenvalue weighted by molar-refractivity contribution is -0.146. The summed E-state index contributed by atoms with van der Waals surface area (Å²) in [6.07, 6.45) is 1.26. The molecule has 0 fully saturated rings. The van der Waals surface area contributed by atoms with Crippen LogP contribution in [0.4, 0.5) is 0 Å². The highest BCUT2D eigenvalue weighted by Gasteiger charge is 2.31. The third kappa shape index (κ3) is 9.58. The highest BCUT2D eigenvalue weighted by molar-refractivity contribution is 8.77. The van der Waals surface area contributed by atoms with Gasteiger partial charge in [0.25, 0.3) is 0 Å². The van der Waals surface area contributed by atoms with E-state index in [0.717, 1.165) is 6.42 Å². The van der Waals surface area contributed by atoms with E-state index in [-0.39, 0.29) is 16.1 Å². The molecule has 0 aromatic carbocycles. The molecule has 0 aromatic heterocycles. The number of hydrogen-bond acceptors (Lipinski definition) is 6. The largest absolute Gasteiger partial charge is 0.480 e. The van der Waals surface area contributed by atoms with Gasteiger partial charge in [-0.25, -0.2) is 0 Å². The summed E-state index contributed by atoms with van der Waals surface area (Å²) in [5.41, 5.74) is -0.114. The highest BCUT2D eigenvalue weighted by Crippen LogP contribution is 2.43. The van der Waals surface area contributed by atoms with E-state index in [1.54, 1.807) is 35.6 Å². The molecular formula is C15H29NO4S2. The number of esters is 1. The zero-order valence-electron chi connectivity index (χ0n) is 14.4. The zero-order valence-corrected chi connectivity index (χ0v) is 16.0. The molecule has 0 bridgehead atoms. The van der Waals surface area contributed by atoms with Crippen LogP contribution in [-0.2, 0) is 14.3 Å². The monoisotopic (exact) mass is 351 g/mol. The lowest BCUT2D eigenvalue weighted by Gasteiger charge is -2.33. The Bertz CT molecular complexity index is 373. The summed E-state index contributed by atoms with van der Waals surface area (Å²) in [5.74, 6) is -0.503. The number of carbonyl (C=O) groups is 2. The van der Waals surface area contributed by atoms with Crippen molar-refractivity contribution in [3.63, 3.8) is 0 Å². The summed E-state index contributed by atoms with van der Waals surface area (Å²) in [5, 5.41) is 11.8. The second kappa shape index (κ2) is 9.67. The molecular weight excluding hydrogens is 322 g/mol. The van der Waals surface area contributed by atoms with E-state index < -0.39 is 12.0 Å². The van der Waals surface area contributed by atoms with Crippen molar-refractivity contribution in [2.45, 2.75) is 58.2 Å². The van der Waals surface area contributed by atoms with Crippen LogP contribution in [0, 0.1) is 5.41 Å². The number of nitrogens with one attached hydrogen (secondary N) is 1. The fourth-order valence-electron chi connectivity index (χ4n) is 2.15. The summed E-state index contributed by atoms with van der Waals surface area (Å²) >= 11 is 0. The molecule has 0 aliphatic heterocycles. The SMILES string of the molecule is CCC(=O)OCC(C)(C)CC(C)(C)SSCC(NC)C(=O)O. The van der Waals surface area contributed by atoms with Crippen molar-refractivity contribution in [3.05, 3.63) is 0 Å². The number of rotatable bonds is 11. The molecule has 0 heterocycles. The van der Waals surface area contributed by atoms with Crippen molar-refractivity contribution in [1.82, 2.24) is 5.32 Å². The normalized spacial score (nSPS) is 13.7. The van der Waals surface area contributed by atoms with Gasteiger partial charge in [-0.05, 0) is 27.3 Å². The van der Waals surface area contributed by atoms with Crippen molar-refractivity contribution in [3.8, 4) is 0 Å². The van der Waals surface area contributed by atoms with E-state index in [4.69, 9.17) is 9.84 Å². The fraction of sp³-hybridized carbons (Fsp3) is 0.867. The number of likely N-dealkylation sites (N-methyl/N-ethyl adjacent to an activating group) is 1. The first-order valence-corrected chi connectivity index (χ1v) is 9.71. The minimum absolute atomic E-state index is 0.0381. The van der Waals surface area contributed by atoms with Gasteiger partial charge in [-0.1, -0.05) is 42.4 Å². The Labute approximate surface area is 141 Å². The fourth-order valence-corrected chi connectivity index (χ4v) is 5.18. The van der Waals surface area contributed by atoms with Crippen LogP contribution in [0.25, 0.3) is 0 Å². The lowest BCUT2D eigenvalue weighted by Crippen LogP contribution is -2.36. The van der Waals surface area contributed by atoms with Crippen molar-refractivity contribution in [1.29, 1.82) is 0 Å². The molecule has 22 heavy (non-hydrogen) atoms. The maximum Gasteiger partial charge on any atom is 0.321 e. The summed E-state index contributed by atoms with van der Waals surface area (Å²) < 4.78 is 5.21. The number of carboxylic acid groups (broad SMARTS) is 1. The van der Waals surface area contributed by atoms with Gasteiger partial charge in [-0.15, -0.1) is 0 Å². The van der Waals surface area contributed by atoms with Gasteiger partial charge in [0, 0.05) is 22.3 Å². The van der Waals surface area contributed by atoms with E-state index in [0.29, 0.717) is 18.8 Å². The first-order chi connectivity index (χ1) is 10.0. The molecule has 1 atom stereocenters. The van der Waals surface area contributed by atoms with Crippen LogP contribution in [0.15, 0.2) is 0 Å². The van der Waals surface area contributed by atoms with Gasteiger partial charge < -0.3 is 15.2 Å². The number of hydrogen-bond donors (Lipinski definition) is 2. The zero-order chi connectivity index (χ0) is 17.4. The lowest BCUT2D eigenvalue weighted by atomic mass is 9.84. The van der Waals surface area contributed by atoms with E-state index in [1.165, 1.54) is 0 Å². The Kier molecular flexibility index (Phi) is 9.50. The molecule has 0 radical (unpaired) electrons. The van der Waals surface area contributed by atoms with Gasteiger partial charge >= 0.3 is 11.9 Å². The summed E-state index contributed by atoms with van der Waals surface area (Å²) in [6.45, 7) is 10.6. The molecule has 0 aliphatic carbocycles. The third-order valence-electron chi connectivity index (χ3n) is 2.98. The van der Waals surface area contributed by atoms with Crippen molar-refractivity contribution in [2.24, 2.45) is 5.41 Å². The Morgan fingerprint density at radius 2 is 1.86 bits per heavy atom. The minimum Gasteiger partial charge on any atom is -0.480 e. The molecule has 0 rings (SSSR count). The highest BCUT2D eigenvalue weighted by atomic mass is 33.1. The molecule has 0 aromatic rings. The van der Waals surface area contributed by atoms with Gasteiger partial charge in [0.05, 0.1) is 6.61 Å². The van der Waals surface area contributed by atoms with Gasteiger partial charge in [0.1, 0.15) is 6.04 Å². The van der Waals surface area contributed by atoms with Crippen LogP contribution in [-0.4, -0.2) is 47.2 Å². The molecule has 1 unspecified atom stereocenters. The van der Waals surface area contributed by atoms with Gasteiger partial charge in [0.15, 0.2) is 0 Å². The van der Waals surface area contributed by atoms with Crippen LogP contribution in [0.5, 0.6) is 0 Å². The molecule has 0 spiro atoms. The summed E-state index contributed by atoms with van der Waals surface area (Å²) in [4.78, 5) is 22.2. The summed E-state index contributed by atoms with van der Waals surface area (Å²) in [6, 6.07) is -0.535. The predicted molar refractivity (Wildman–Crippen MR) is 94.3 cm³/mol. The second-order valence-electron chi connectivity index (χ2n) is 6.66. The van der Waals surface area contributed by atoms with Crippen LogP contribution in [0.3, 0.4) is 0 Å². The van der Waals surface area contributed by atoms with Crippen molar-refractivity contribution < 1.29 is 19.4 Å². The van der Waals surface area contributed by atoms with E-state index in [2.05, 4.69) is 33.0 Å². The van der Waals surface area contributed by atoms with E-state index >= 15 is 0 Å².